The molecule has 12 heteroatoms. The third-order valence-electron chi connectivity index (χ3n) is 3.19. The molecule has 12 nitrogen and oxygen atoms in total. The fourth-order valence-corrected chi connectivity index (χ4v) is 2.02. The molecule has 0 aromatic carbocycles. The van der Waals surface area contributed by atoms with E-state index in [1.165, 1.54) is 6.92 Å². The van der Waals surface area contributed by atoms with E-state index in [0.717, 1.165) is 0 Å². The molecule has 1 aliphatic heterocycles. The minimum absolute atomic E-state index is 0.569. The number of aliphatic carboxylic acids is 1. The number of aliphatic hydroxyl groups is 3. The molecule has 0 spiro atoms. The normalized spacial score (nSPS) is 31.7. The summed E-state index contributed by atoms with van der Waals surface area (Å²) in [5, 5.41) is 43.2. The number of aliphatic hydroxyl groups excluding tert-OH is 3. The van der Waals surface area contributed by atoms with Crippen LogP contribution >= 0.6 is 0 Å². The maximum Gasteiger partial charge on any atom is 0.332 e. The first kappa shape index (κ1) is 19.1. The first-order valence-corrected chi connectivity index (χ1v) is 6.62. The van der Waals surface area contributed by atoms with E-state index in [-0.39, 0.29) is 0 Å². The molecular weight excluding hydrogens is 316 g/mol. The molecule has 0 aliphatic carbocycles. The summed E-state index contributed by atoms with van der Waals surface area (Å²) < 4.78 is 10.1. The molecule has 1 saturated heterocycles. The third kappa shape index (κ3) is 5.03. The van der Waals surface area contributed by atoms with Crippen molar-refractivity contribution < 1.29 is 39.5 Å². The summed E-state index contributed by atoms with van der Waals surface area (Å²) in [4.78, 5) is 24.9. The van der Waals surface area contributed by atoms with E-state index in [1.807, 2.05) is 0 Å². The van der Waals surface area contributed by atoms with Gasteiger partial charge < -0.3 is 35.2 Å². The van der Waals surface area contributed by atoms with Gasteiger partial charge >= 0.3 is 5.97 Å². The first-order chi connectivity index (χ1) is 10.8. The third-order valence-corrected chi connectivity index (χ3v) is 3.19. The van der Waals surface area contributed by atoms with Gasteiger partial charge in [-0.1, -0.05) is 5.11 Å². The molecule has 0 saturated carbocycles. The van der Waals surface area contributed by atoms with Crippen molar-refractivity contribution >= 4 is 11.9 Å². The molecule has 23 heavy (non-hydrogen) atoms. The monoisotopic (exact) mass is 334 g/mol. The second-order valence-electron chi connectivity index (χ2n) is 4.80. The number of ether oxygens (including phenoxy) is 2. The standard InChI is InChI=1S/C11H18N4O8/c1-4(10(19)20)22-9-7(14-6(17)2-13-15-12)11(21)23-5(3-16)8(9)18/h4-5,7-9,11,16,18,21H,2-3H2,1H3,(H,14,17)(H,19,20)/t4-,5-,7-,8-,9-,11?/m1/s1. The Hall–Kier alpha value is -1.95. The van der Waals surface area contributed by atoms with Crippen LogP contribution < -0.4 is 5.32 Å². The lowest BCUT2D eigenvalue weighted by Crippen LogP contribution is -2.65. The van der Waals surface area contributed by atoms with E-state index >= 15 is 0 Å². The number of nitrogens with one attached hydrogen (secondary N) is 1. The molecule has 0 radical (unpaired) electrons. The number of rotatable bonds is 7. The summed E-state index contributed by atoms with van der Waals surface area (Å²) in [5.41, 5.74) is 8.16. The zero-order valence-electron chi connectivity index (χ0n) is 12.1. The van der Waals surface area contributed by atoms with Crippen LogP contribution in [0.3, 0.4) is 0 Å². The average Bonchev–Trinajstić information content (AvgIpc) is 2.51. The van der Waals surface area contributed by atoms with Gasteiger partial charge in [-0.25, -0.2) is 4.79 Å². The average molecular weight is 334 g/mol. The van der Waals surface area contributed by atoms with Crippen LogP contribution in [0.4, 0.5) is 0 Å². The predicted molar refractivity (Wildman–Crippen MR) is 71.9 cm³/mol. The molecule has 1 heterocycles. The van der Waals surface area contributed by atoms with Crippen molar-refractivity contribution in [2.45, 2.75) is 43.7 Å². The number of hydrogen-bond acceptors (Lipinski definition) is 8. The van der Waals surface area contributed by atoms with Gasteiger partial charge in [0.05, 0.1) is 6.61 Å². The van der Waals surface area contributed by atoms with Crippen molar-refractivity contribution in [3.8, 4) is 0 Å². The van der Waals surface area contributed by atoms with E-state index < -0.39 is 61.8 Å². The quantitative estimate of drug-likeness (QED) is 0.195. The highest BCUT2D eigenvalue weighted by molar-refractivity contribution is 5.78. The van der Waals surface area contributed by atoms with Gasteiger partial charge in [-0.05, 0) is 12.5 Å². The van der Waals surface area contributed by atoms with E-state index in [4.69, 9.17) is 25.2 Å². The second kappa shape index (κ2) is 8.62. The molecule has 1 fully saturated rings. The summed E-state index contributed by atoms with van der Waals surface area (Å²) in [6.07, 6.45) is -7.11. The van der Waals surface area contributed by atoms with E-state index in [0.29, 0.717) is 0 Å². The summed E-state index contributed by atoms with van der Waals surface area (Å²) in [5.74, 6) is -2.11. The highest BCUT2D eigenvalue weighted by atomic mass is 16.6. The number of carbonyl (C=O) groups excluding carboxylic acids is 1. The summed E-state index contributed by atoms with van der Waals surface area (Å²) in [6.45, 7) is -0.0247. The minimum atomic E-state index is -1.67. The Morgan fingerprint density at radius 2 is 2.13 bits per heavy atom. The van der Waals surface area contributed by atoms with Crippen molar-refractivity contribution in [1.29, 1.82) is 0 Å². The number of carboxylic acids is 1. The molecule has 0 aromatic rings. The van der Waals surface area contributed by atoms with Crippen LogP contribution in [-0.4, -0.2) is 82.2 Å². The maximum absolute atomic E-state index is 11.6. The lowest BCUT2D eigenvalue weighted by atomic mass is 9.96. The highest BCUT2D eigenvalue weighted by Crippen LogP contribution is 2.23. The molecule has 6 atom stereocenters. The minimum Gasteiger partial charge on any atom is -0.479 e. The zero-order valence-corrected chi connectivity index (χ0v) is 12.1. The molecule has 1 aliphatic rings. The number of hydrogen-bond donors (Lipinski definition) is 5. The SMILES string of the molecule is C[C@@H](O[C@H]1[C@H](O)[C@@H](CO)OC(O)[C@@H]1NC(=O)CN=[N+]=[N-])C(=O)O. The van der Waals surface area contributed by atoms with Gasteiger partial charge in [-0.15, -0.1) is 0 Å². The fourth-order valence-electron chi connectivity index (χ4n) is 2.02. The van der Waals surface area contributed by atoms with Gasteiger partial charge in [0, 0.05) is 4.91 Å². The lowest BCUT2D eigenvalue weighted by molar-refractivity contribution is -0.267. The fraction of sp³-hybridized carbons (Fsp3) is 0.818. The Balaban J connectivity index is 2.93. The van der Waals surface area contributed by atoms with Crippen molar-refractivity contribution in [2.75, 3.05) is 13.2 Å². The predicted octanol–water partition coefficient (Wildman–Crippen LogP) is -2.29. The Kier molecular flexibility index (Phi) is 7.16. The summed E-state index contributed by atoms with van der Waals surface area (Å²) in [7, 11) is 0. The highest BCUT2D eigenvalue weighted by Gasteiger charge is 2.47. The first-order valence-electron chi connectivity index (χ1n) is 6.62. The van der Waals surface area contributed by atoms with Gasteiger partial charge in [0.15, 0.2) is 12.4 Å². The molecule has 5 N–H and O–H groups in total. The van der Waals surface area contributed by atoms with Gasteiger partial charge in [-0.3, -0.25) is 4.79 Å². The van der Waals surface area contributed by atoms with E-state index in [2.05, 4.69) is 15.3 Å². The van der Waals surface area contributed by atoms with Crippen LogP contribution in [0.5, 0.6) is 0 Å². The van der Waals surface area contributed by atoms with Crippen molar-refractivity contribution in [2.24, 2.45) is 5.11 Å². The Labute approximate surface area is 130 Å². The molecule has 130 valence electrons. The Morgan fingerprint density at radius 1 is 1.48 bits per heavy atom. The maximum atomic E-state index is 11.6. The van der Waals surface area contributed by atoms with E-state index in [1.54, 1.807) is 0 Å². The topological polar surface area (TPSA) is 194 Å². The van der Waals surface area contributed by atoms with Crippen LogP contribution in [-0.2, 0) is 19.1 Å². The smallest absolute Gasteiger partial charge is 0.332 e. The van der Waals surface area contributed by atoms with Crippen molar-refractivity contribution in [3.05, 3.63) is 10.4 Å². The van der Waals surface area contributed by atoms with Gasteiger partial charge in [0.2, 0.25) is 5.91 Å². The number of carbonyl (C=O) groups is 2. The Morgan fingerprint density at radius 3 is 2.65 bits per heavy atom. The van der Waals surface area contributed by atoms with Crippen LogP contribution in [0.1, 0.15) is 6.92 Å². The number of carboxylic acid groups (broad SMARTS) is 1. The van der Waals surface area contributed by atoms with E-state index in [9.17, 15) is 19.8 Å². The summed E-state index contributed by atoms with van der Waals surface area (Å²) >= 11 is 0. The molecule has 0 bridgehead atoms. The van der Waals surface area contributed by atoms with Crippen molar-refractivity contribution in [3.63, 3.8) is 0 Å². The molecular formula is C11H18N4O8. The van der Waals surface area contributed by atoms with Crippen LogP contribution in [0.15, 0.2) is 5.11 Å². The number of azide groups is 1. The molecule has 1 unspecified atom stereocenters. The number of amides is 1. The van der Waals surface area contributed by atoms with Crippen molar-refractivity contribution in [1.82, 2.24) is 5.32 Å². The molecule has 1 amide bonds. The van der Waals surface area contributed by atoms with Crippen LogP contribution in [0.2, 0.25) is 0 Å². The zero-order chi connectivity index (χ0) is 17.6. The van der Waals surface area contributed by atoms with Gasteiger partial charge in [0.25, 0.3) is 0 Å². The lowest BCUT2D eigenvalue weighted by Gasteiger charge is -2.43. The largest absolute Gasteiger partial charge is 0.479 e. The summed E-state index contributed by atoms with van der Waals surface area (Å²) in [6, 6.07) is -1.32. The molecule has 1 rings (SSSR count). The second-order valence-corrected chi connectivity index (χ2v) is 4.80. The van der Waals surface area contributed by atoms with Gasteiger partial charge in [0.1, 0.15) is 30.9 Å². The van der Waals surface area contributed by atoms with Crippen LogP contribution in [0.25, 0.3) is 10.4 Å². The number of nitrogens with zero attached hydrogens (tertiary/aromatic N) is 3. The Bertz CT molecular complexity index is 483. The van der Waals surface area contributed by atoms with Gasteiger partial charge in [-0.2, -0.15) is 0 Å². The molecule has 0 aromatic heterocycles. The van der Waals surface area contributed by atoms with Crippen LogP contribution in [0, 0.1) is 0 Å².